The molecule has 640 valence electrons. The SMILES string of the molecule is C=C(CCC(C)C)Nc1nc2ccc(C)nc2n1C1CCC1.C=C(CCC1CCC1)Nc1nc2ccc(C)nc2n1C1CCC1.CC(C)(C)CC(=O)Nc1nc2ccc(N3CCOCC3)nc2n1C1CCC1.CCCn1c(NC(=O)CCc2ccccc2)nc2ccc(Cl)nc21.Cl.O=C(Cc1ccccn1)Nc1nc2ccc(Cl)nc2n1C1CCC1. The molecule has 0 atom stereocenters. The number of aromatic nitrogens is 16. The maximum Gasteiger partial charge on any atom is 0.232 e. The van der Waals surface area contributed by atoms with E-state index in [1.807, 2.05) is 108 Å². The number of carbonyl (C=O) groups is 3. The number of hydrogen-bond acceptors (Lipinski definition) is 18. The van der Waals surface area contributed by atoms with Crippen LogP contribution in [0.5, 0.6) is 0 Å². The molecule has 12 heterocycles. The number of nitrogens with one attached hydrogen (secondary N) is 5. The first kappa shape index (κ1) is 88.4. The third kappa shape index (κ3) is 22.9. The number of aryl methyl sites for hydroxylation is 4. The average molecular weight is 1700 g/mol. The Bertz CT molecular complexity index is 5550. The van der Waals surface area contributed by atoms with Gasteiger partial charge in [0.25, 0.3) is 0 Å². The molecule has 3 amide bonds. The molecule has 26 nitrogen and oxygen atoms in total. The summed E-state index contributed by atoms with van der Waals surface area (Å²) in [6.07, 6.45) is 27.2. The molecule has 1 saturated heterocycles. The van der Waals surface area contributed by atoms with Crippen LogP contribution in [0.4, 0.5) is 35.6 Å². The minimum atomic E-state index is -0.143. The van der Waals surface area contributed by atoms with Crippen molar-refractivity contribution in [2.24, 2.45) is 17.3 Å². The number of halogens is 3. The summed E-state index contributed by atoms with van der Waals surface area (Å²) in [4.78, 5) is 89.9. The van der Waals surface area contributed by atoms with Crippen LogP contribution in [0.2, 0.25) is 10.3 Å². The maximum absolute atomic E-state index is 12.5. The Kier molecular flexibility index (Phi) is 29.9. The van der Waals surface area contributed by atoms with Crippen molar-refractivity contribution in [3.63, 3.8) is 0 Å². The van der Waals surface area contributed by atoms with Gasteiger partial charge in [-0.1, -0.05) is 134 Å². The van der Waals surface area contributed by atoms with Crippen LogP contribution in [0.25, 0.3) is 55.8 Å². The summed E-state index contributed by atoms with van der Waals surface area (Å²) in [6.45, 7) is 29.1. The number of pyridine rings is 6. The monoisotopic (exact) mass is 1700 g/mol. The Labute approximate surface area is 725 Å². The predicted molar refractivity (Wildman–Crippen MR) is 488 cm³/mol. The van der Waals surface area contributed by atoms with Crippen molar-refractivity contribution in [3.05, 3.63) is 173 Å². The number of amides is 3. The van der Waals surface area contributed by atoms with Crippen molar-refractivity contribution in [2.45, 2.75) is 240 Å². The van der Waals surface area contributed by atoms with Gasteiger partial charge in [0.15, 0.2) is 28.2 Å². The summed E-state index contributed by atoms with van der Waals surface area (Å²) in [5, 5.41) is 16.6. The van der Waals surface area contributed by atoms with Crippen molar-refractivity contribution < 1.29 is 19.1 Å². The van der Waals surface area contributed by atoms with Crippen LogP contribution in [0, 0.1) is 31.1 Å². The number of morpholine rings is 1. The Balaban J connectivity index is 0.000000130. The highest BCUT2D eigenvalue weighted by Crippen LogP contribution is 2.42. The molecule has 12 aromatic rings. The van der Waals surface area contributed by atoms with E-state index in [0.717, 1.165) is 192 Å². The lowest BCUT2D eigenvalue weighted by atomic mass is 9.82. The van der Waals surface area contributed by atoms with E-state index in [1.54, 1.807) is 18.3 Å². The largest absolute Gasteiger partial charge is 0.378 e. The molecule has 18 rings (SSSR count). The zero-order chi connectivity index (χ0) is 84.0. The third-order valence-corrected chi connectivity index (χ3v) is 23.6. The van der Waals surface area contributed by atoms with Crippen LogP contribution in [0.15, 0.2) is 140 Å². The number of allylic oxidation sites excluding steroid dienone is 2. The van der Waals surface area contributed by atoms with E-state index in [9.17, 15) is 14.4 Å². The van der Waals surface area contributed by atoms with Crippen molar-refractivity contribution >= 4 is 145 Å². The van der Waals surface area contributed by atoms with Crippen LogP contribution < -0.4 is 31.5 Å². The normalized spacial score (nSPS) is 15.5. The number of ether oxygens (including phenoxy) is 1. The average Bonchev–Trinajstić information content (AvgIpc) is 1.70. The first-order valence-electron chi connectivity index (χ1n) is 43.3. The standard InChI is InChI=1S/C20H29N5O2.C19H26N4.C18H19ClN4O.C18H26N4.C17H16ClN5O.ClH/c1-20(2,3)13-17(26)23-19-21-15-7-8-16(24-9-11-27-12-10-24)22-18(15)25(19)14-5-4-6-14;1-13-10-12-17-18(20-13)23(16-7-4-8-16)19(22-17)21-14(2)9-11-15-5-3-6-15;1-2-12-23-17-14(9-10-15(19)21-17)20-18(23)22-16(24)11-8-13-6-4-3-5-7-13;1-12(2)8-9-14(4)20-18-21-16-11-10-13(3)19-17(16)22(18)15-6-5-7-15;18-14-8-7-13-16(21-14)23(12-5-3-6-12)17(20-13)22-15(24)10-11-4-1-2-9-19-11;/h7-8,14H,4-6,9-13H2,1-3H3,(H,21,23,26);10,12,15-16H,2-9,11H2,1H3,(H,21,22);3-7,9-10H,2,8,11-12H2,1H3,(H,20,22,24);10-12,15H,4-9H2,1-3H3,(H,20,21);1-2,4,7-9,12H,3,5-6,10H2,(H,20,22,24);1H. The van der Waals surface area contributed by atoms with Crippen LogP contribution in [-0.4, -0.2) is 122 Å². The molecule has 0 spiro atoms. The van der Waals surface area contributed by atoms with E-state index in [4.69, 9.17) is 57.8 Å². The topological polar surface area (TPSA) is 290 Å². The summed E-state index contributed by atoms with van der Waals surface area (Å²) in [5.41, 5.74) is 14.6. The highest BCUT2D eigenvalue weighted by Gasteiger charge is 2.32. The van der Waals surface area contributed by atoms with Gasteiger partial charge in [-0.25, -0.2) is 49.8 Å². The van der Waals surface area contributed by atoms with Crippen molar-refractivity contribution in [2.75, 3.05) is 57.8 Å². The number of carbonyl (C=O) groups excluding carboxylic acids is 3. The lowest BCUT2D eigenvalue weighted by Crippen LogP contribution is -2.36. The van der Waals surface area contributed by atoms with Gasteiger partial charge in [0.1, 0.15) is 43.7 Å². The zero-order valence-electron chi connectivity index (χ0n) is 71.3. The van der Waals surface area contributed by atoms with E-state index in [-0.39, 0.29) is 42.0 Å². The van der Waals surface area contributed by atoms with Gasteiger partial charge >= 0.3 is 0 Å². The molecule has 6 fully saturated rings. The van der Waals surface area contributed by atoms with E-state index in [1.165, 1.54) is 77.0 Å². The molecule has 5 saturated carbocycles. The van der Waals surface area contributed by atoms with Gasteiger partial charge in [-0.2, -0.15) is 0 Å². The van der Waals surface area contributed by atoms with Gasteiger partial charge in [-0.3, -0.25) is 58.2 Å². The Hall–Kier alpha value is -10.4. The lowest BCUT2D eigenvalue weighted by Gasteiger charge is -2.30. The van der Waals surface area contributed by atoms with Gasteiger partial charge in [-0.05, 0) is 225 Å². The predicted octanol–water partition coefficient (Wildman–Crippen LogP) is 21.0. The molecule has 1 aliphatic heterocycles. The fourth-order valence-electron chi connectivity index (χ4n) is 15.5. The van der Waals surface area contributed by atoms with Crippen LogP contribution in [0.1, 0.15) is 230 Å². The second-order valence-corrected chi connectivity index (χ2v) is 35.2. The third-order valence-electron chi connectivity index (χ3n) is 23.2. The van der Waals surface area contributed by atoms with Crippen molar-refractivity contribution in [3.8, 4) is 0 Å². The molecular weight excluding hydrogens is 1580 g/mol. The summed E-state index contributed by atoms with van der Waals surface area (Å²) >= 11 is 12.0. The van der Waals surface area contributed by atoms with Gasteiger partial charge < -0.3 is 20.3 Å². The molecule has 5 aliphatic carbocycles. The second-order valence-electron chi connectivity index (χ2n) is 34.4. The number of hydrogen-bond donors (Lipinski definition) is 5. The first-order chi connectivity index (χ1) is 58.0. The highest BCUT2D eigenvalue weighted by atomic mass is 35.5. The van der Waals surface area contributed by atoms with E-state index >= 15 is 0 Å². The summed E-state index contributed by atoms with van der Waals surface area (Å²) < 4.78 is 16.1. The van der Waals surface area contributed by atoms with Crippen LogP contribution >= 0.6 is 35.6 Å². The molecule has 0 bridgehead atoms. The zero-order valence-corrected chi connectivity index (χ0v) is 73.6. The molecule has 0 radical (unpaired) electrons. The molecule has 6 aliphatic rings. The number of nitrogens with zero attached hydrogens (tertiary/aromatic N) is 17. The molecule has 5 N–H and O–H groups in total. The van der Waals surface area contributed by atoms with Crippen LogP contribution in [-0.2, 0) is 38.5 Å². The van der Waals surface area contributed by atoms with E-state index < -0.39 is 0 Å². The minimum Gasteiger partial charge on any atom is -0.378 e. The molecular formula is C92H117Cl3N22O4. The Morgan fingerprint density at radius 3 is 1.42 bits per heavy atom. The number of imidazole rings is 5. The Morgan fingerprint density at radius 2 is 0.942 bits per heavy atom. The van der Waals surface area contributed by atoms with E-state index in [2.05, 4.69) is 137 Å². The lowest BCUT2D eigenvalue weighted by molar-refractivity contribution is -0.118. The number of fused-ring (bicyclic) bond motifs is 5. The number of rotatable bonds is 26. The minimum absolute atomic E-state index is 0. The van der Waals surface area contributed by atoms with E-state index in [0.29, 0.717) is 83.1 Å². The summed E-state index contributed by atoms with van der Waals surface area (Å²) in [6, 6.07) is 36.5. The second kappa shape index (κ2) is 41.0. The van der Waals surface area contributed by atoms with Crippen LogP contribution in [0.3, 0.4) is 0 Å². The number of benzene rings is 1. The molecule has 1 aromatic carbocycles. The Morgan fingerprint density at radius 1 is 0.496 bits per heavy atom. The van der Waals surface area contributed by atoms with Crippen molar-refractivity contribution in [1.29, 1.82) is 0 Å². The highest BCUT2D eigenvalue weighted by molar-refractivity contribution is 6.30. The summed E-state index contributed by atoms with van der Waals surface area (Å²) in [7, 11) is 0. The first-order valence-corrected chi connectivity index (χ1v) is 44.0. The fourth-order valence-corrected chi connectivity index (χ4v) is 15.8. The number of anilines is 6. The quantitative estimate of drug-likeness (QED) is 0.0315. The molecule has 11 aromatic heterocycles. The maximum atomic E-state index is 12.5. The van der Waals surface area contributed by atoms with Crippen molar-refractivity contribution in [1.82, 2.24) is 77.7 Å². The smallest absolute Gasteiger partial charge is 0.232 e. The van der Waals surface area contributed by atoms with Gasteiger partial charge in [0.2, 0.25) is 47.5 Å². The van der Waals surface area contributed by atoms with Gasteiger partial charge in [0, 0.05) is 91.3 Å². The molecule has 121 heavy (non-hydrogen) atoms. The molecule has 29 heteroatoms. The molecule has 0 unspecified atom stereocenters. The summed E-state index contributed by atoms with van der Waals surface area (Å²) in [5.74, 6) is 5.91. The van der Waals surface area contributed by atoms with Gasteiger partial charge in [0.05, 0.1) is 19.6 Å². The fraction of sp³-hybridized carbons (Fsp3) is 0.478. The van der Waals surface area contributed by atoms with Gasteiger partial charge in [-0.15, -0.1) is 12.4 Å².